The second-order valence-corrected chi connectivity index (χ2v) is 8.33. The average molecular weight is 458 g/mol. The number of halogens is 4. The Morgan fingerprint density at radius 1 is 1.07 bits per heavy atom. The van der Waals surface area contributed by atoms with E-state index in [2.05, 4.69) is 0 Å². The number of esters is 1. The van der Waals surface area contributed by atoms with E-state index in [1.165, 1.54) is 37.3 Å². The second-order valence-electron chi connectivity index (χ2n) is 6.10. The number of hydrogen-bond acceptors (Lipinski definition) is 4. The van der Waals surface area contributed by atoms with Crippen molar-refractivity contribution in [1.82, 2.24) is 3.97 Å². The number of alkyl halides is 3. The number of rotatable bonds is 5. The van der Waals surface area contributed by atoms with Crippen molar-refractivity contribution in [2.75, 3.05) is 6.61 Å². The van der Waals surface area contributed by atoms with E-state index in [1.54, 1.807) is 6.07 Å². The lowest BCUT2D eigenvalue weighted by molar-refractivity contribution is -0.137. The minimum atomic E-state index is -4.65. The maximum absolute atomic E-state index is 13.2. The molecule has 0 spiro atoms. The third-order valence-corrected chi connectivity index (χ3v) is 6.22. The van der Waals surface area contributed by atoms with Crippen LogP contribution in [0.15, 0.2) is 65.7 Å². The topological polar surface area (TPSA) is 65.4 Å². The van der Waals surface area contributed by atoms with Gasteiger partial charge in [0, 0.05) is 22.3 Å². The highest BCUT2D eigenvalue weighted by Gasteiger charge is 2.33. The number of hydrogen-bond donors (Lipinski definition) is 0. The molecule has 0 N–H and O–H groups in total. The third-order valence-electron chi connectivity index (χ3n) is 4.20. The van der Waals surface area contributed by atoms with Crippen molar-refractivity contribution in [2.45, 2.75) is 18.0 Å². The Labute approximate surface area is 175 Å². The summed E-state index contributed by atoms with van der Waals surface area (Å²) in [6.45, 7) is 1.46. The molecule has 0 radical (unpaired) electrons. The van der Waals surface area contributed by atoms with Crippen LogP contribution in [0.3, 0.4) is 0 Å². The lowest BCUT2D eigenvalue weighted by Gasteiger charge is -2.14. The van der Waals surface area contributed by atoms with E-state index in [9.17, 15) is 26.4 Å². The SMILES string of the molecule is CCOC(=O)c1c(-c2cc(C(F)(F)F)ccc2Cl)ccn1S(=O)(=O)c1ccccc1. The molecule has 0 amide bonds. The van der Waals surface area contributed by atoms with E-state index < -0.39 is 33.4 Å². The van der Waals surface area contributed by atoms with E-state index in [4.69, 9.17) is 16.3 Å². The van der Waals surface area contributed by atoms with E-state index in [0.29, 0.717) is 3.97 Å². The molecule has 3 aromatic rings. The van der Waals surface area contributed by atoms with Crippen LogP contribution in [0.5, 0.6) is 0 Å². The van der Waals surface area contributed by atoms with Gasteiger partial charge in [0.1, 0.15) is 5.69 Å². The molecule has 0 unspecified atom stereocenters. The smallest absolute Gasteiger partial charge is 0.416 e. The third kappa shape index (κ3) is 4.08. The molecule has 0 aliphatic heterocycles. The van der Waals surface area contributed by atoms with Crippen LogP contribution in [0.2, 0.25) is 5.02 Å². The molecule has 1 heterocycles. The summed E-state index contributed by atoms with van der Waals surface area (Å²) < 4.78 is 71.3. The fraction of sp³-hybridized carbons (Fsp3) is 0.150. The Kier molecular flexibility index (Phi) is 5.96. The summed E-state index contributed by atoms with van der Waals surface area (Å²) in [5.41, 5.74) is -1.67. The van der Waals surface area contributed by atoms with Crippen LogP contribution in [0.25, 0.3) is 11.1 Å². The molecular formula is C20H15ClF3NO4S. The highest BCUT2D eigenvalue weighted by Crippen LogP contribution is 2.38. The number of benzene rings is 2. The van der Waals surface area contributed by atoms with Gasteiger partial charge in [-0.15, -0.1) is 0 Å². The standard InChI is InChI=1S/C20H15ClF3NO4S/c1-2-29-19(26)18-15(16-12-13(20(22,23)24)8-9-17(16)21)10-11-25(18)30(27,28)14-6-4-3-5-7-14/h3-12H,2H2,1H3. The number of ether oxygens (including phenoxy) is 1. The number of carbonyl (C=O) groups is 1. The van der Waals surface area contributed by atoms with E-state index in [-0.39, 0.29) is 27.7 Å². The van der Waals surface area contributed by atoms with Gasteiger partial charge in [0.2, 0.25) is 0 Å². The van der Waals surface area contributed by atoms with Crippen LogP contribution in [0, 0.1) is 0 Å². The molecule has 0 atom stereocenters. The fourth-order valence-electron chi connectivity index (χ4n) is 2.85. The van der Waals surface area contributed by atoms with Crippen molar-refractivity contribution < 1.29 is 31.1 Å². The minimum absolute atomic E-state index is 0.0643. The molecule has 10 heteroatoms. The average Bonchev–Trinajstić information content (AvgIpc) is 3.14. The van der Waals surface area contributed by atoms with Gasteiger partial charge in [0.25, 0.3) is 10.0 Å². The highest BCUT2D eigenvalue weighted by molar-refractivity contribution is 7.90. The van der Waals surface area contributed by atoms with Crippen molar-refractivity contribution in [2.24, 2.45) is 0 Å². The van der Waals surface area contributed by atoms with Gasteiger partial charge in [0.15, 0.2) is 0 Å². The van der Waals surface area contributed by atoms with Gasteiger partial charge in [-0.25, -0.2) is 17.2 Å². The molecule has 0 aliphatic rings. The Balaban J connectivity index is 2.28. The molecule has 3 rings (SSSR count). The zero-order valence-corrected chi connectivity index (χ0v) is 17.1. The molecule has 5 nitrogen and oxygen atoms in total. The van der Waals surface area contributed by atoms with Crippen molar-refractivity contribution >= 4 is 27.6 Å². The van der Waals surface area contributed by atoms with Gasteiger partial charge in [-0.2, -0.15) is 13.2 Å². The summed E-state index contributed by atoms with van der Waals surface area (Å²) >= 11 is 6.10. The van der Waals surface area contributed by atoms with E-state index in [0.717, 1.165) is 24.4 Å². The summed E-state index contributed by atoms with van der Waals surface area (Å²) in [6, 6.07) is 11.1. The first-order chi connectivity index (χ1) is 14.1. The van der Waals surface area contributed by atoms with Crippen LogP contribution >= 0.6 is 11.6 Å². The minimum Gasteiger partial charge on any atom is -0.461 e. The van der Waals surface area contributed by atoms with Gasteiger partial charge in [0.05, 0.1) is 17.1 Å². The van der Waals surface area contributed by atoms with Crippen LogP contribution in [-0.4, -0.2) is 25.0 Å². The van der Waals surface area contributed by atoms with Crippen LogP contribution in [-0.2, 0) is 20.9 Å². The predicted octanol–water partition coefficient (Wildman–Crippen LogP) is 5.24. The van der Waals surface area contributed by atoms with Gasteiger partial charge in [-0.05, 0) is 43.3 Å². The number of carbonyl (C=O) groups excluding carboxylic acids is 1. The normalized spacial score (nSPS) is 12.0. The largest absolute Gasteiger partial charge is 0.461 e. The van der Waals surface area contributed by atoms with Crippen molar-refractivity contribution in [1.29, 1.82) is 0 Å². The molecule has 0 bridgehead atoms. The number of aromatic nitrogens is 1. The highest BCUT2D eigenvalue weighted by atomic mass is 35.5. The predicted molar refractivity (Wildman–Crippen MR) is 105 cm³/mol. The van der Waals surface area contributed by atoms with Gasteiger partial charge in [-0.3, -0.25) is 0 Å². The van der Waals surface area contributed by atoms with Crippen LogP contribution in [0.4, 0.5) is 13.2 Å². The molecule has 30 heavy (non-hydrogen) atoms. The summed E-state index contributed by atoms with van der Waals surface area (Å²) in [5.74, 6) is -1.01. The van der Waals surface area contributed by atoms with E-state index >= 15 is 0 Å². The molecule has 158 valence electrons. The van der Waals surface area contributed by atoms with Crippen LogP contribution < -0.4 is 0 Å². The Morgan fingerprint density at radius 2 is 1.73 bits per heavy atom. The van der Waals surface area contributed by atoms with Crippen molar-refractivity contribution in [3.05, 3.63) is 77.1 Å². The monoisotopic (exact) mass is 457 g/mol. The van der Waals surface area contributed by atoms with Gasteiger partial charge >= 0.3 is 12.1 Å². The first-order valence-electron chi connectivity index (χ1n) is 8.63. The van der Waals surface area contributed by atoms with Crippen molar-refractivity contribution in [3.8, 4) is 11.1 Å². The molecule has 0 saturated heterocycles. The molecule has 1 aromatic heterocycles. The summed E-state index contributed by atoms with van der Waals surface area (Å²) in [6.07, 6.45) is -3.57. The Morgan fingerprint density at radius 3 is 2.33 bits per heavy atom. The molecule has 0 aliphatic carbocycles. The summed E-state index contributed by atoms with van der Waals surface area (Å²) in [7, 11) is -4.22. The second kappa shape index (κ2) is 8.16. The number of nitrogens with zero attached hydrogens (tertiary/aromatic N) is 1. The first kappa shape index (κ1) is 21.9. The maximum Gasteiger partial charge on any atom is 0.416 e. The fourth-order valence-corrected chi connectivity index (χ4v) is 4.43. The lowest BCUT2D eigenvalue weighted by atomic mass is 10.0. The van der Waals surface area contributed by atoms with Crippen LogP contribution in [0.1, 0.15) is 23.0 Å². The molecule has 0 fully saturated rings. The van der Waals surface area contributed by atoms with E-state index in [1.807, 2.05) is 0 Å². The zero-order valence-electron chi connectivity index (χ0n) is 15.5. The molecule has 0 saturated carbocycles. The molecule has 2 aromatic carbocycles. The molecular weight excluding hydrogens is 443 g/mol. The zero-order chi connectivity index (χ0) is 22.1. The summed E-state index contributed by atoms with van der Waals surface area (Å²) in [4.78, 5) is 12.5. The Bertz CT molecular complexity index is 1190. The maximum atomic E-state index is 13.2. The lowest BCUT2D eigenvalue weighted by Crippen LogP contribution is -2.20. The van der Waals surface area contributed by atoms with Gasteiger partial charge < -0.3 is 4.74 Å². The van der Waals surface area contributed by atoms with Gasteiger partial charge in [-0.1, -0.05) is 29.8 Å². The van der Waals surface area contributed by atoms with Crippen molar-refractivity contribution in [3.63, 3.8) is 0 Å². The Hall–Kier alpha value is -2.78. The quantitative estimate of drug-likeness (QED) is 0.491. The first-order valence-corrected chi connectivity index (χ1v) is 10.5. The summed E-state index contributed by atoms with van der Waals surface area (Å²) in [5, 5.41) is -0.0802.